The molecule has 2 unspecified atom stereocenters. The van der Waals surface area contributed by atoms with Gasteiger partial charge in [-0.25, -0.2) is 4.68 Å². The van der Waals surface area contributed by atoms with E-state index < -0.39 is 0 Å². The highest BCUT2D eigenvalue weighted by molar-refractivity contribution is 5.93. The third kappa shape index (κ3) is 2.97. The molecule has 0 spiro atoms. The molecule has 1 N–H and O–H groups in total. The van der Waals surface area contributed by atoms with Crippen molar-refractivity contribution in [2.45, 2.75) is 44.7 Å². The summed E-state index contributed by atoms with van der Waals surface area (Å²) < 4.78 is 12.2. The minimum atomic E-state index is -0.344. The molecule has 1 saturated heterocycles. The second kappa shape index (κ2) is 6.44. The summed E-state index contributed by atoms with van der Waals surface area (Å²) in [5.41, 5.74) is 2.32. The van der Waals surface area contributed by atoms with Gasteiger partial charge in [-0.3, -0.25) is 9.59 Å². The van der Waals surface area contributed by atoms with E-state index in [0.717, 1.165) is 42.6 Å². The van der Waals surface area contributed by atoms with Crippen LogP contribution in [0.25, 0.3) is 0 Å². The van der Waals surface area contributed by atoms with Gasteiger partial charge in [0.2, 0.25) is 5.76 Å². The van der Waals surface area contributed by atoms with Crippen LogP contribution in [0.15, 0.2) is 21.5 Å². The van der Waals surface area contributed by atoms with Crippen LogP contribution >= 0.6 is 0 Å². The molecule has 3 heterocycles. The van der Waals surface area contributed by atoms with Crippen LogP contribution in [-0.2, 0) is 17.6 Å². The molecular formula is C17H20N4O4. The predicted molar refractivity (Wildman–Crippen MR) is 87.5 cm³/mol. The third-order valence-corrected chi connectivity index (χ3v) is 4.81. The molecular weight excluding hydrogens is 324 g/mol. The average Bonchev–Trinajstić information content (AvgIpc) is 3.23. The van der Waals surface area contributed by atoms with E-state index in [1.807, 2.05) is 6.92 Å². The lowest BCUT2D eigenvalue weighted by atomic mass is 9.96. The zero-order valence-corrected chi connectivity index (χ0v) is 14.0. The number of hydrogen-bond donors (Lipinski definition) is 1. The van der Waals surface area contributed by atoms with Crippen molar-refractivity contribution >= 4 is 5.91 Å². The first-order valence-corrected chi connectivity index (χ1v) is 8.56. The van der Waals surface area contributed by atoms with Crippen LogP contribution in [-0.4, -0.2) is 40.1 Å². The number of hydrogen-bond acceptors (Lipinski definition) is 6. The van der Waals surface area contributed by atoms with Crippen LogP contribution < -0.4 is 10.9 Å². The smallest absolute Gasteiger partial charge is 0.290 e. The van der Waals surface area contributed by atoms with Gasteiger partial charge in [0.25, 0.3) is 11.5 Å². The number of amides is 1. The maximum Gasteiger partial charge on any atom is 0.290 e. The fraction of sp³-hybridized carbons (Fsp3) is 0.529. The van der Waals surface area contributed by atoms with Crippen molar-refractivity contribution in [3.05, 3.63) is 45.2 Å². The fourth-order valence-corrected chi connectivity index (χ4v) is 3.48. The van der Waals surface area contributed by atoms with Gasteiger partial charge in [-0.15, -0.1) is 0 Å². The summed E-state index contributed by atoms with van der Waals surface area (Å²) in [5.74, 6) is -0.0262. The topological polar surface area (TPSA) is 99.2 Å². The Balaban J connectivity index is 1.55. The fourth-order valence-electron chi connectivity index (χ4n) is 3.48. The van der Waals surface area contributed by atoms with E-state index in [-0.39, 0.29) is 29.3 Å². The van der Waals surface area contributed by atoms with E-state index in [1.54, 1.807) is 6.07 Å². The number of aromatic nitrogens is 3. The number of rotatable bonds is 3. The molecule has 0 saturated carbocycles. The van der Waals surface area contributed by atoms with Crippen LogP contribution in [0, 0.1) is 6.92 Å². The number of nitrogens with zero attached hydrogens (tertiary/aromatic N) is 3. The van der Waals surface area contributed by atoms with Crippen LogP contribution in [0.3, 0.4) is 0 Å². The molecule has 0 radical (unpaired) electrons. The summed E-state index contributed by atoms with van der Waals surface area (Å²) in [6, 6.07) is 2.47. The van der Waals surface area contributed by atoms with Crippen LogP contribution in [0.2, 0.25) is 0 Å². The minimum Gasteiger partial charge on any atom is -0.377 e. The van der Waals surface area contributed by atoms with E-state index in [1.165, 1.54) is 10.7 Å². The molecule has 1 amide bonds. The first-order valence-electron chi connectivity index (χ1n) is 8.56. The summed E-state index contributed by atoms with van der Waals surface area (Å²) in [6.07, 6.45) is 3.77. The largest absolute Gasteiger partial charge is 0.377 e. The number of carbonyl (C=O) groups excluding carboxylic acids is 1. The Morgan fingerprint density at radius 3 is 3.00 bits per heavy atom. The van der Waals surface area contributed by atoms with Crippen molar-refractivity contribution in [2.24, 2.45) is 0 Å². The monoisotopic (exact) mass is 344 g/mol. The molecule has 4 rings (SSSR count). The number of ether oxygens (including phenoxy) is 1. The van der Waals surface area contributed by atoms with Crippen molar-refractivity contribution in [3.8, 4) is 0 Å². The maximum atomic E-state index is 12.7. The highest BCUT2D eigenvalue weighted by atomic mass is 16.5. The predicted octanol–water partition coefficient (Wildman–Crippen LogP) is 0.788. The van der Waals surface area contributed by atoms with Crippen molar-refractivity contribution in [1.82, 2.24) is 20.3 Å². The van der Waals surface area contributed by atoms with Gasteiger partial charge in [0.05, 0.1) is 30.6 Å². The molecule has 0 bridgehead atoms. The summed E-state index contributed by atoms with van der Waals surface area (Å²) in [4.78, 5) is 24.8. The Morgan fingerprint density at radius 2 is 2.12 bits per heavy atom. The van der Waals surface area contributed by atoms with E-state index in [9.17, 15) is 9.59 Å². The molecule has 8 heteroatoms. The molecule has 2 aromatic rings. The first-order chi connectivity index (χ1) is 12.1. The van der Waals surface area contributed by atoms with Crippen LogP contribution in [0.4, 0.5) is 0 Å². The van der Waals surface area contributed by atoms with E-state index in [2.05, 4.69) is 15.6 Å². The van der Waals surface area contributed by atoms with Gasteiger partial charge in [0.15, 0.2) is 0 Å². The van der Waals surface area contributed by atoms with Gasteiger partial charge < -0.3 is 14.6 Å². The quantitative estimate of drug-likeness (QED) is 0.884. The molecule has 132 valence electrons. The Labute approximate surface area is 144 Å². The number of carbonyl (C=O) groups is 1. The highest BCUT2D eigenvalue weighted by Crippen LogP contribution is 2.25. The number of fused-ring (bicyclic) bond motifs is 1. The molecule has 1 aliphatic carbocycles. The lowest BCUT2D eigenvalue weighted by Gasteiger charge is -2.20. The van der Waals surface area contributed by atoms with Crippen molar-refractivity contribution < 1.29 is 14.1 Å². The van der Waals surface area contributed by atoms with Crippen molar-refractivity contribution in [3.63, 3.8) is 0 Å². The van der Waals surface area contributed by atoms with Crippen molar-refractivity contribution in [2.75, 3.05) is 13.2 Å². The minimum absolute atomic E-state index is 0.211. The van der Waals surface area contributed by atoms with Gasteiger partial charge in [0, 0.05) is 11.6 Å². The SMILES string of the molecule is Cc1ccc(=O)n(C2COCC2NC(=O)c2onc3c2CCCC3)n1. The lowest BCUT2D eigenvalue weighted by Crippen LogP contribution is -2.44. The van der Waals surface area contributed by atoms with Crippen molar-refractivity contribution in [1.29, 1.82) is 0 Å². The van der Waals surface area contributed by atoms with Gasteiger partial charge in [-0.1, -0.05) is 5.16 Å². The Morgan fingerprint density at radius 1 is 1.28 bits per heavy atom. The zero-order chi connectivity index (χ0) is 17.4. The summed E-state index contributed by atoms with van der Waals surface area (Å²) >= 11 is 0. The normalized spacial score (nSPS) is 22.6. The maximum absolute atomic E-state index is 12.7. The molecule has 0 aromatic carbocycles. The summed E-state index contributed by atoms with van der Waals surface area (Å²) in [6.45, 7) is 2.48. The van der Waals surface area contributed by atoms with E-state index >= 15 is 0 Å². The molecule has 2 aromatic heterocycles. The zero-order valence-electron chi connectivity index (χ0n) is 14.0. The molecule has 2 aliphatic rings. The van der Waals surface area contributed by atoms with Crippen LogP contribution in [0.1, 0.15) is 46.4 Å². The lowest BCUT2D eigenvalue weighted by molar-refractivity contribution is 0.0886. The molecule has 1 fully saturated rings. The molecule has 25 heavy (non-hydrogen) atoms. The highest BCUT2D eigenvalue weighted by Gasteiger charge is 2.34. The number of aryl methyl sites for hydroxylation is 2. The standard InChI is InChI=1S/C17H20N4O4/c1-10-6-7-15(22)21(19-10)14-9-24-8-13(14)18-17(23)16-11-4-2-3-5-12(11)20-25-16/h6-7,13-14H,2-5,8-9H2,1H3,(H,18,23). The van der Waals surface area contributed by atoms with Gasteiger partial charge >= 0.3 is 0 Å². The molecule has 2 atom stereocenters. The van der Waals surface area contributed by atoms with Crippen LogP contribution in [0.5, 0.6) is 0 Å². The molecule has 8 nitrogen and oxygen atoms in total. The van der Waals surface area contributed by atoms with E-state index in [4.69, 9.17) is 9.26 Å². The Kier molecular flexibility index (Phi) is 4.12. The van der Waals surface area contributed by atoms with Gasteiger partial charge in [0.1, 0.15) is 6.04 Å². The summed E-state index contributed by atoms with van der Waals surface area (Å²) in [5, 5.41) is 11.2. The van der Waals surface area contributed by atoms with E-state index in [0.29, 0.717) is 13.2 Å². The Bertz CT molecular complexity index is 857. The number of nitrogens with one attached hydrogen (secondary N) is 1. The first kappa shape index (κ1) is 16.0. The Hall–Kier alpha value is -2.48. The third-order valence-electron chi connectivity index (χ3n) is 4.81. The average molecular weight is 344 g/mol. The van der Waals surface area contributed by atoms with Gasteiger partial charge in [-0.2, -0.15) is 5.10 Å². The second-order valence-corrected chi connectivity index (χ2v) is 6.59. The summed E-state index contributed by atoms with van der Waals surface area (Å²) in [7, 11) is 0. The van der Waals surface area contributed by atoms with Gasteiger partial charge in [-0.05, 0) is 38.7 Å². The molecule has 1 aliphatic heterocycles. The second-order valence-electron chi connectivity index (χ2n) is 6.59.